The number of nitrogens with two attached hydrogens (primary N) is 1. The van der Waals surface area contributed by atoms with Gasteiger partial charge in [-0.15, -0.1) is 11.3 Å². The molecule has 3 heterocycles. The first-order valence-electron chi connectivity index (χ1n) is 9.37. The predicted octanol–water partition coefficient (Wildman–Crippen LogP) is 3.17. The van der Waals surface area contributed by atoms with Gasteiger partial charge in [-0.1, -0.05) is 12.1 Å². The summed E-state index contributed by atoms with van der Waals surface area (Å²) in [5.74, 6) is 0.723. The van der Waals surface area contributed by atoms with Crippen molar-refractivity contribution in [2.75, 3.05) is 0 Å². The fraction of sp³-hybridized carbons (Fsp3) is 0.286. The average Bonchev–Trinajstić information content (AvgIpc) is 3.31. The van der Waals surface area contributed by atoms with Crippen LogP contribution >= 0.6 is 11.3 Å². The number of benzene rings is 1. The van der Waals surface area contributed by atoms with E-state index in [2.05, 4.69) is 53.4 Å². The Morgan fingerprint density at radius 1 is 1.14 bits per heavy atom. The van der Waals surface area contributed by atoms with E-state index in [1.54, 1.807) is 23.9 Å². The fourth-order valence-corrected chi connectivity index (χ4v) is 4.52. The lowest BCUT2D eigenvalue weighted by Crippen LogP contribution is -2.85. The molecule has 1 aromatic carbocycles. The summed E-state index contributed by atoms with van der Waals surface area (Å²) in [6, 6.07) is 8.73. The number of imidazole rings is 1. The molecule has 28 heavy (non-hydrogen) atoms. The molecule has 144 valence electrons. The third-order valence-corrected chi connectivity index (χ3v) is 6.39. The first-order chi connectivity index (χ1) is 13.4. The van der Waals surface area contributed by atoms with Gasteiger partial charge in [0.25, 0.3) is 5.56 Å². The Hall–Kier alpha value is -2.77. The summed E-state index contributed by atoms with van der Waals surface area (Å²) in [5, 5.41) is 2.95. The second-order valence-corrected chi connectivity index (χ2v) is 8.45. The second kappa shape index (κ2) is 7.33. The molecule has 4 rings (SSSR count). The Bertz CT molecular complexity index is 1160. The van der Waals surface area contributed by atoms with Crippen molar-refractivity contribution in [1.82, 2.24) is 19.5 Å². The lowest BCUT2D eigenvalue weighted by molar-refractivity contribution is -0.729. The number of hydrogen-bond acceptors (Lipinski definition) is 4. The molecule has 6 nitrogen and oxygen atoms in total. The second-order valence-electron chi connectivity index (χ2n) is 7.25. The third-order valence-electron chi connectivity index (χ3n) is 5.29. The van der Waals surface area contributed by atoms with Gasteiger partial charge in [0.05, 0.1) is 11.7 Å². The number of nitrogens with one attached hydrogen (secondary N) is 1. The van der Waals surface area contributed by atoms with E-state index < -0.39 is 0 Å². The molecule has 0 saturated carbocycles. The molecule has 0 amide bonds. The average molecular weight is 395 g/mol. The van der Waals surface area contributed by atoms with E-state index in [1.165, 1.54) is 5.56 Å². The maximum absolute atomic E-state index is 12.5. The van der Waals surface area contributed by atoms with E-state index >= 15 is 0 Å². The van der Waals surface area contributed by atoms with Crippen LogP contribution in [0.2, 0.25) is 0 Å². The SMILES string of the molecule is Cc1sc2nc([C@H](C)[NH2+][C@H](C)c3ccc(-n4ccnc4)cc3)[nH]c(=O)c2c1C. The van der Waals surface area contributed by atoms with E-state index in [1.807, 2.05) is 24.6 Å². The highest BCUT2D eigenvalue weighted by atomic mass is 32.1. The fourth-order valence-electron chi connectivity index (χ4n) is 3.48. The number of aromatic amines is 1. The predicted molar refractivity (Wildman–Crippen MR) is 112 cm³/mol. The van der Waals surface area contributed by atoms with Gasteiger partial charge in [0.1, 0.15) is 16.9 Å². The molecule has 0 aliphatic carbocycles. The zero-order valence-electron chi connectivity index (χ0n) is 16.4. The number of hydrogen-bond donors (Lipinski definition) is 2. The molecule has 0 spiro atoms. The maximum atomic E-state index is 12.5. The molecule has 0 radical (unpaired) electrons. The van der Waals surface area contributed by atoms with E-state index in [0.29, 0.717) is 0 Å². The van der Waals surface area contributed by atoms with Crippen LogP contribution in [-0.4, -0.2) is 19.5 Å². The van der Waals surface area contributed by atoms with Gasteiger partial charge in [0.15, 0.2) is 5.82 Å². The Morgan fingerprint density at radius 2 is 1.89 bits per heavy atom. The molecule has 0 saturated heterocycles. The van der Waals surface area contributed by atoms with Crippen molar-refractivity contribution < 1.29 is 5.32 Å². The number of quaternary nitrogens is 1. The Morgan fingerprint density at radius 3 is 2.57 bits per heavy atom. The molecule has 0 fully saturated rings. The van der Waals surface area contributed by atoms with Crippen molar-refractivity contribution in [2.24, 2.45) is 0 Å². The number of nitrogens with zero attached hydrogens (tertiary/aromatic N) is 3. The standard InChI is InChI=1S/C21H23N5OS/c1-12-15(4)28-21-18(12)20(27)24-19(25-21)14(3)23-13(2)16-5-7-17(8-6-16)26-10-9-22-11-26/h5-11,13-14,23H,1-4H3,(H,24,25,27)/p+1/t13-,14+/m1/s1. The van der Waals surface area contributed by atoms with E-state index in [4.69, 9.17) is 4.98 Å². The van der Waals surface area contributed by atoms with Gasteiger partial charge >= 0.3 is 0 Å². The number of H-pyrrole nitrogens is 1. The summed E-state index contributed by atoms with van der Waals surface area (Å²) in [4.78, 5) is 26.3. The summed E-state index contributed by atoms with van der Waals surface area (Å²) in [6.07, 6.45) is 5.49. The molecule has 0 unspecified atom stereocenters. The van der Waals surface area contributed by atoms with Gasteiger partial charge < -0.3 is 14.9 Å². The van der Waals surface area contributed by atoms with Crippen LogP contribution < -0.4 is 10.9 Å². The first kappa shape index (κ1) is 18.6. The summed E-state index contributed by atoms with van der Waals surface area (Å²) in [7, 11) is 0. The van der Waals surface area contributed by atoms with Crippen LogP contribution in [-0.2, 0) is 0 Å². The molecule has 2 atom stereocenters. The largest absolute Gasteiger partial charge is 0.332 e. The lowest BCUT2D eigenvalue weighted by atomic mass is 10.1. The smallest absolute Gasteiger partial charge is 0.260 e. The molecule has 0 bridgehead atoms. The minimum absolute atomic E-state index is 0.0422. The van der Waals surface area contributed by atoms with Gasteiger partial charge in [-0.05, 0) is 45.4 Å². The monoisotopic (exact) mass is 394 g/mol. The number of aromatic nitrogens is 4. The molecule has 3 N–H and O–H groups in total. The Kier molecular flexibility index (Phi) is 4.87. The van der Waals surface area contributed by atoms with Gasteiger partial charge in [-0.2, -0.15) is 0 Å². The molecule has 4 aromatic rings. The Balaban J connectivity index is 1.54. The number of thiophene rings is 1. The van der Waals surface area contributed by atoms with Crippen LogP contribution in [0.25, 0.3) is 15.9 Å². The van der Waals surface area contributed by atoms with Gasteiger partial charge in [-0.25, -0.2) is 9.97 Å². The van der Waals surface area contributed by atoms with E-state index in [9.17, 15) is 4.79 Å². The van der Waals surface area contributed by atoms with Crippen molar-refractivity contribution in [3.8, 4) is 5.69 Å². The van der Waals surface area contributed by atoms with Crippen LogP contribution in [0.4, 0.5) is 0 Å². The highest BCUT2D eigenvalue weighted by Crippen LogP contribution is 2.26. The van der Waals surface area contributed by atoms with Gasteiger partial charge in [0, 0.05) is 28.5 Å². The highest BCUT2D eigenvalue weighted by Gasteiger charge is 2.20. The van der Waals surface area contributed by atoms with Crippen molar-refractivity contribution in [3.05, 3.63) is 75.2 Å². The van der Waals surface area contributed by atoms with Crippen LogP contribution in [0.1, 0.15) is 47.8 Å². The van der Waals surface area contributed by atoms with E-state index in [-0.39, 0.29) is 17.6 Å². The molecular weight excluding hydrogens is 370 g/mol. The third kappa shape index (κ3) is 3.39. The number of rotatable bonds is 5. The van der Waals surface area contributed by atoms with Crippen LogP contribution in [0.5, 0.6) is 0 Å². The Labute approximate surface area is 167 Å². The van der Waals surface area contributed by atoms with Crippen LogP contribution in [0.15, 0.2) is 47.8 Å². The number of fused-ring (bicyclic) bond motifs is 1. The van der Waals surface area contributed by atoms with Crippen molar-refractivity contribution in [2.45, 2.75) is 39.8 Å². The van der Waals surface area contributed by atoms with Crippen molar-refractivity contribution in [3.63, 3.8) is 0 Å². The zero-order valence-corrected chi connectivity index (χ0v) is 17.2. The minimum Gasteiger partial charge on any atom is -0.332 e. The van der Waals surface area contributed by atoms with Gasteiger partial charge in [0.2, 0.25) is 0 Å². The van der Waals surface area contributed by atoms with Crippen molar-refractivity contribution in [1.29, 1.82) is 0 Å². The first-order valence-corrected chi connectivity index (χ1v) is 10.2. The number of aryl methyl sites for hydroxylation is 2. The van der Waals surface area contributed by atoms with E-state index in [0.717, 1.165) is 32.2 Å². The topological polar surface area (TPSA) is 80.2 Å². The molecule has 3 aromatic heterocycles. The molecule has 7 heteroatoms. The lowest BCUT2D eigenvalue weighted by Gasteiger charge is -2.17. The minimum atomic E-state index is -0.0422. The van der Waals surface area contributed by atoms with Crippen LogP contribution in [0.3, 0.4) is 0 Å². The summed E-state index contributed by atoms with van der Waals surface area (Å²) in [6.45, 7) is 8.26. The highest BCUT2D eigenvalue weighted by molar-refractivity contribution is 7.18. The van der Waals surface area contributed by atoms with Crippen molar-refractivity contribution >= 4 is 21.6 Å². The normalized spacial score (nSPS) is 13.7. The quantitative estimate of drug-likeness (QED) is 0.546. The molecule has 0 aliphatic rings. The summed E-state index contributed by atoms with van der Waals surface area (Å²) < 4.78 is 1.98. The summed E-state index contributed by atoms with van der Waals surface area (Å²) >= 11 is 1.59. The molecule has 0 aliphatic heterocycles. The zero-order chi connectivity index (χ0) is 19.8. The molecular formula is C21H24N5OS+. The van der Waals surface area contributed by atoms with Crippen LogP contribution in [0, 0.1) is 13.8 Å². The summed E-state index contributed by atoms with van der Waals surface area (Å²) in [5.41, 5.74) is 3.30. The maximum Gasteiger partial charge on any atom is 0.260 e. The van der Waals surface area contributed by atoms with Gasteiger partial charge in [-0.3, -0.25) is 4.79 Å².